The lowest BCUT2D eigenvalue weighted by Gasteiger charge is -2.20. The molecule has 0 spiro atoms. The molecule has 2 aromatic rings. The van der Waals surface area contributed by atoms with Gasteiger partial charge in [-0.2, -0.15) is 0 Å². The van der Waals surface area contributed by atoms with Gasteiger partial charge in [-0.1, -0.05) is 0 Å². The van der Waals surface area contributed by atoms with E-state index in [-0.39, 0.29) is 5.54 Å². The molecule has 0 aromatic carbocycles. The Labute approximate surface area is 93.9 Å². The summed E-state index contributed by atoms with van der Waals surface area (Å²) in [6, 6.07) is 2.01. The maximum atomic E-state index is 4.44. The summed E-state index contributed by atoms with van der Waals surface area (Å²) in [5.74, 6) is 0. The SMILES string of the molecule is CSc1ccnc2c1ncn2C(C)(C)C. The number of fused-ring (bicyclic) bond motifs is 1. The third kappa shape index (κ3) is 1.74. The van der Waals surface area contributed by atoms with Crippen molar-refractivity contribution in [3.8, 4) is 0 Å². The fraction of sp³-hybridized carbons (Fsp3) is 0.455. The van der Waals surface area contributed by atoms with Gasteiger partial charge in [-0.3, -0.25) is 0 Å². The number of nitrogens with zero attached hydrogens (tertiary/aromatic N) is 3. The van der Waals surface area contributed by atoms with E-state index in [0.717, 1.165) is 11.2 Å². The van der Waals surface area contributed by atoms with Crippen molar-refractivity contribution in [2.45, 2.75) is 31.2 Å². The predicted octanol–water partition coefficient (Wildman–Crippen LogP) is 2.91. The van der Waals surface area contributed by atoms with E-state index in [0.29, 0.717) is 0 Å². The number of pyridine rings is 1. The maximum Gasteiger partial charge on any atom is 0.161 e. The molecule has 2 aromatic heterocycles. The maximum absolute atomic E-state index is 4.44. The summed E-state index contributed by atoms with van der Waals surface area (Å²) in [5, 5.41) is 0. The molecule has 0 bridgehead atoms. The zero-order valence-corrected chi connectivity index (χ0v) is 10.3. The highest BCUT2D eigenvalue weighted by molar-refractivity contribution is 7.98. The van der Waals surface area contributed by atoms with Crippen molar-refractivity contribution < 1.29 is 0 Å². The van der Waals surface area contributed by atoms with Crippen LogP contribution in [0.15, 0.2) is 23.5 Å². The quantitative estimate of drug-likeness (QED) is 0.694. The Kier molecular flexibility index (Phi) is 2.46. The summed E-state index contributed by atoms with van der Waals surface area (Å²) in [6.45, 7) is 6.46. The van der Waals surface area contributed by atoms with E-state index < -0.39 is 0 Å². The van der Waals surface area contributed by atoms with E-state index in [2.05, 4.69) is 41.6 Å². The van der Waals surface area contributed by atoms with E-state index in [9.17, 15) is 0 Å². The fourth-order valence-corrected chi connectivity index (χ4v) is 2.08. The molecule has 0 aliphatic carbocycles. The van der Waals surface area contributed by atoms with Crippen molar-refractivity contribution in [2.75, 3.05) is 6.26 Å². The topological polar surface area (TPSA) is 30.7 Å². The highest BCUT2D eigenvalue weighted by Crippen LogP contribution is 2.26. The molecule has 0 saturated carbocycles. The molecule has 0 atom stereocenters. The van der Waals surface area contributed by atoms with Gasteiger partial charge in [0.2, 0.25) is 0 Å². The molecule has 3 nitrogen and oxygen atoms in total. The molecule has 0 fully saturated rings. The Morgan fingerprint density at radius 2 is 2.00 bits per heavy atom. The molecular formula is C11H15N3S. The smallest absolute Gasteiger partial charge is 0.161 e. The first-order valence-corrected chi connectivity index (χ1v) is 6.13. The van der Waals surface area contributed by atoms with Crippen LogP contribution in [0.3, 0.4) is 0 Å². The Morgan fingerprint density at radius 3 is 2.60 bits per heavy atom. The van der Waals surface area contributed by atoms with Gasteiger partial charge in [-0.15, -0.1) is 11.8 Å². The van der Waals surface area contributed by atoms with Crippen molar-refractivity contribution in [1.82, 2.24) is 14.5 Å². The van der Waals surface area contributed by atoms with E-state index >= 15 is 0 Å². The van der Waals surface area contributed by atoms with E-state index in [1.54, 1.807) is 11.8 Å². The van der Waals surface area contributed by atoms with Gasteiger partial charge in [0.15, 0.2) is 5.65 Å². The average Bonchev–Trinajstić information content (AvgIpc) is 2.59. The van der Waals surface area contributed by atoms with Gasteiger partial charge < -0.3 is 4.57 Å². The van der Waals surface area contributed by atoms with Crippen LogP contribution < -0.4 is 0 Å². The van der Waals surface area contributed by atoms with Gasteiger partial charge in [0.05, 0.1) is 6.33 Å². The van der Waals surface area contributed by atoms with Crippen molar-refractivity contribution >= 4 is 22.9 Å². The Morgan fingerprint density at radius 1 is 1.27 bits per heavy atom. The minimum atomic E-state index is 0.0266. The lowest BCUT2D eigenvalue weighted by atomic mass is 10.1. The van der Waals surface area contributed by atoms with Crippen molar-refractivity contribution in [1.29, 1.82) is 0 Å². The number of hydrogen-bond donors (Lipinski definition) is 0. The van der Waals surface area contributed by atoms with Gasteiger partial charge in [0.25, 0.3) is 0 Å². The Hall–Kier alpha value is -1.03. The Balaban J connectivity index is 2.72. The van der Waals surface area contributed by atoms with Gasteiger partial charge in [-0.05, 0) is 33.1 Å². The molecule has 0 saturated heterocycles. The molecule has 0 aliphatic heterocycles. The van der Waals surface area contributed by atoms with E-state index in [1.165, 1.54) is 4.90 Å². The molecule has 0 aliphatic rings. The van der Waals surface area contributed by atoms with Crippen LogP contribution in [0.1, 0.15) is 20.8 Å². The third-order valence-electron chi connectivity index (χ3n) is 2.34. The molecule has 0 amide bonds. The molecule has 0 N–H and O–H groups in total. The third-order valence-corrected chi connectivity index (χ3v) is 3.11. The number of hydrogen-bond acceptors (Lipinski definition) is 3. The van der Waals surface area contributed by atoms with Gasteiger partial charge in [0, 0.05) is 16.6 Å². The second kappa shape index (κ2) is 3.52. The highest BCUT2D eigenvalue weighted by Gasteiger charge is 2.17. The summed E-state index contributed by atoms with van der Waals surface area (Å²) in [6.07, 6.45) is 5.78. The lowest BCUT2D eigenvalue weighted by Crippen LogP contribution is -2.20. The van der Waals surface area contributed by atoms with E-state index in [1.807, 2.05) is 18.6 Å². The summed E-state index contributed by atoms with van der Waals surface area (Å²) in [5.41, 5.74) is 1.99. The first-order valence-electron chi connectivity index (χ1n) is 4.90. The first kappa shape index (κ1) is 10.5. The second-order valence-corrected chi connectivity index (χ2v) is 5.32. The number of thioether (sulfide) groups is 1. The fourth-order valence-electron chi connectivity index (χ4n) is 1.55. The van der Waals surface area contributed by atoms with Crippen LogP contribution in [0, 0.1) is 0 Å². The van der Waals surface area contributed by atoms with Crippen molar-refractivity contribution in [3.63, 3.8) is 0 Å². The first-order chi connectivity index (χ1) is 7.04. The number of rotatable bonds is 1. The molecule has 2 rings (SSSR count). The van der Waals surface area contributed by atoms with Gasteiger partial charge in [-0.25, -0.2) is 9.97 Å². The van der Waals surface area contributed by atoms with Crippen molar-refractivity contribution in [3.05, 3.63) is 18.6 Å². The normalized spacial score (nSPS) is 12.3. The zero-order valence-electron chi connectivity index (χ0n) is 9.48. The number of aromatic nitrogens is 3. The molecule has 0 unspecified atom stereocenters. The van der Waals surface area contributed by atoms with Gasteiger partial charge in [0.1, 0.15) is 5.52 Å². The van der Waals surface area contributed by atoms with Crippen LogP contribution >= 0.6 is 11.8 Å². The lowest BCUT2D eigenvalue weighted by molar-refractivity contribution is 0.406. The summed E-state index contributed by atoms with van der Waals surface area (Å²) in [4.78, 5) is 10.0. The molecule has 4 heteroatoms. The highest BCUT2D eigenvalue weighted by atomic mass is 32.2. The monoisotopic (exact) mass is 221 g/mol. The summed E-state index contributed by atoms with van der Waals surface area (Å²) >= 11 is 1.71. The molecule has 2 heterocycles. The molecule has 80 valence electrons. The van der Waals surface area contributed by atoms with Crippen LogP contribution in [0.2, 0.25) is 0 Å². The van der Waals surface area contributed by atoms with Crippen LogP contribution in [-0.2, 0) is 5.54 Å². The van der Waals surface area contributed by atoms with Crippen LogP contribution in [-0.4, -0.2) is 20.8 Å². The van der Waals surface area contributed by atoms with Crippen LogP contribution in [0.25, 0.3) is 11.2 Å². The van der Waals surface area contributed by atoms with E-state index in [4.69, 9.17) is 0 Å². The predicted molar refractivity (Wildman–Crippen MR) is 64.3 cm³/mol. The standard InChI is InChI=1S/C11H15N3S/c1-11(2,3)14-7-13-9-8(15-4)5-6-12-10(9)14/h5-7H,1-4H3. The number of imidazole rings is 1. The van der Waals surface area contributed by atoms with Crippen LogP contribution in [0.4, 0.5) is 0 Å². The zero-order chi connectivity index (χ0) is 11.1. The average molecular weight is 221 g/mol. The summed E-state index contributed by atoms with van der Waals surface area (Å²) in [7, 11) is 0. The Bertz CT molecular complexity index is 482. The van der Waals surface area contributed by atoms with Gasteiger partial charge >= 0.3 is 0 Å². The summed E-state index contributed by atoms with van der Waals surface area (Å²) < 4.78 is 2.11. The minimum Gasteiger partial charge on any atom is -0.310 e. The largest absolute Gasteiger partial charge is 0.310 e. The minimum absolute atomic E-state index is 0.0266. The molecule has 0 radical (unpaired) electrons. The molecular weight excluding hydrogens is 206 g/mol. The van der Waals surface area contributed by atoms with Crippen molar-refractivity contribution in [2.24, 2.45) is 0 Å². The molecule has 15 heavy (non-hydrogen) atoms. The van der Waals surface area contributed by atoms with Crippen LogP contribution in [0.5, 0.6) is 0 Å². The second-order valence-electron chi connectivity index (χ2n) is 4.47.